The Bertz CT molecular complexity index is 322. The molecule has 1 aromatic rings. The van der Waals surface area contributed by atoms with Crippen molar-refractivity contribution in [1.82, 2.24) is 0 Å². The predicted octanol–water partition coefficient (Wildman–Crippen LogP) is 1.90. The third-order valence-electron chi connectivity index (χ3n) is 2.24. The summed E-state index contributed by atoms with van der Waals surface area (Å²) in [5.74, 6) is -0.314. The van der Waals surface area contributed by atoms with Crippen LogP contribution in [-0.4, -0.2) is 18.1 Å². The van der Waals surface area contributed by atoms with Gasteiger partial charge in [0.25, 0.3) is 0 Å². The minimum absolute atomic E-state index is 0.102. The van der Waals surface area contributed by atoms with E-state index in [4.69, 9.17) is 10.5 Å². The van der Waals surface area contributed by atoms with E-state index < -0.39 is 6.04 Å². The largest absolute Gasteiger partial charge is 0.462 e. The van der Waals surface area contributed by atoms with Gasteiger partial charge in [0.15, 0.2) is 0 Å². The van der Waals surface area contributed by atoms with Crippen LogP contribution in [0.25, 0.3) is 0 Å². The number of hydrogen-bond acceptors (Lipinski definition) is 3. The summed E-state index contributed by atoms with van der Waals surface area (Å²) in [6.45, 7) is 3.64. The van der Waals surface area contributed by atoms with E-state index in [1.165, 1.54) is 5.56 Å². The first kappa shape index (κ1) is 12.7. The lowest BCUT2D eigenvalue weighted by Gasteiger charge is -2.13. The van der Waals surface area contributed by atoms with Crippen molar-refractivity contribution < 1.29 is 9.53 Å². The van der Waals surface area contributed by atoms with Crippen molar-refractivity contribution in [3.63, 3.8) is 0 Å². The second-order valence-electron chi connectivity index (χ2n) is 4.12. The Labute approximate surface area is 96.6 Å². The number of ether oxygens (including phenoxy) is 1. The summed E-state index contributed by atoms with van der Waals surface area (Å²) in [6.07, 6.45) is 1.32. The summed E-state index contributed by atoms with van der Waals surface area (Å²) < 4.78 is 5.04. The lowest BCUT2D eigenvalue weighted by molar-refractivity contribution is -0.149. The second kappa shape index (κ2) is 6.28. The van der Waals surface area contributed by atoms with Gasteiger partial charge < -0.3 is 10.5 Å². The van der Waals surface area contributed by atoms with E-state index in [1.54, 1.807) is 0 Å². The van der Waals surface area contributed by atoms with Gasteiger partial charge in [-0.3, -0.25) is 4.79 Å². The molecule has 0 heterocycles. The first-order chi connectivity index (χ1) is 7.59. The molecular weight excluding hydrogens is 202 g/mol. The standard InChI is InChI=1S/C13H19NO2/c1-10(2)16-13(15)12(14)9-8-11-6-4-3-5-7-11/h3-7,10,12H,8-9,14H2,1-2H3. The number of benzene rings is 1. The molecule has 16 heavy (non-hydrogen) atoms. The van der Waals surface area contributed by atoms with Crippen LogP contribution in [0.15, 0.2) is 30.3 Å². The molecule has 1 rings (SSSR count). The van der Waals surface area contributed by atoms with Gasteiger partial charge in [-0.15, -0.1) is 0 Å². The molecule has 0 bridgehead atoms. The molecule has 88 valence electrons. The molecule has 0 aliphatic rings. The molecule has 1 aromatic carbocycles. The lowest BCUT2D eigenvalue weighted by atomic mass is 10.1. The van der Waals surface area contributed by atoms with Crippen molar-refractivity contribution in [2.24, 2.45) is 5.73 Å². The van der Waals surface area contributed by atoms with Crippen molar-refractivity contribution in [2.45, 2.75) is 38.8 Å². The monoisotopic (exact) mass is 221 g/mol. The molecule has 2 N–H and O–H groups in total. The number of hydrogen-bond donors (Lipinski definition) is 1. The van der Waals surface area contributed by atoms with Gasteiger partial charge >= 0.3 is 5.97 Å². The van der Waals surface area contributed by atoms with Crippen LogP contribution in [0.5, 0.6) is 0 Å². The van der Waals surface area contributed by atoms with E-state index in [-0.39, 0.29) is 12.1 Å². The van der Waals surface area contributed by atoms with E-state index >= 15 is 0 Å². The third-order valence-corrected chi connectivity index (χ3v) is 2.24. The summed E-state index contributed by atoms with van der Waals surface area (Å²) in [4.78, 5) is 11.4. The highest BCUT2D eigenvalue weighted by molar-refractivity contribution is 5.75. The zero-order valence-corrected chi connectivity index (χ0v) is 9.85. The number of rotatable bonds is 5. The number of carbonyl (C=O) groups excluding carboxylic acids is 1. The highest BCUT2D eigenvalue weighted by Crippen LogP contribution is 2.05. The molecule has 0 aliphatic heterocycles. The Balaban J connectivity index is 2.35. The predicted molar refractivity (Wildman–Crippen MR) is 64.0 cm³/mol. The number of esters is 1. The van der Waals surface area contributed by atoms with Crippen molar-refractivity contribution in [3.05, 3.63) is 35.9 Å². The minimum Gasteiger partial charge on any atom is -0.462 e. The number of nitrogens with two attached hydrogens (primary N) is 1. The maximum atomic E-state index is 11.4. The molecule has 0 saturated heterocycles. The molecule has 0 aliphatic carbocycles. The Kier molecular flexibility index (Phi) is 4.99. The van der Waals surface area contributed by atoms with Gasteiger partial charge in [-0.25, -0.2) is 0 Å². The fourth-order valence-electron chi connectivity index (χ4n) is 1.40. The molecule has 0 spiro atoms. The van der Waals surface area contributed by atoms with Crippen LogP contribution in [0.1, 0.15) is 25.8 Å². The van der Waals surface area contributed by atoms with Crippen LogP contribution in [-0.2, 0) is 16.0 Å². The molecule has 3 nitrogen and oxygen atoms in total. The van der Waals surface area contributed by atoms with Crippen LogP contribution in [0.2, 0.25) is 0 Å². The van der Waals surface area contributed by atoms with Crippen molar-refractivity contribution in [3.8, 4) is 0 Å². The number of carbonyl (C=O) groups is 1. The van der Waals surface area contributed by atoms with Gasteiger partial charge in [0.05, 0.1) is 6.10 Å². The molecule has 0 aromatic heterocycles. The van der Waals surface area contributed by atoms with Crippen LogP contribution < -0.4 is 5.73 Å². The normalized spacial score (nSPS) is 12.5. The Morgan fingerprint density at radius 3 is 2.50 bits per heavy atom. The van der Waals surface area contributed by atoms with Gasteiger partial charge in [-0.05, 0) is 32.3 Å². The zero-order chi connectivity index (χ0) is 12.0. The summed E-state index contributed by atoms with van der Waals surface area (Å²) in [7, 11) is 0. The maximum absolute atomic E-state index is 11.4. The van der Waals surface area contributed by atoms with Gasteiger partial charge in [-0.2, -0.15) is 0 Å². The van der Waals surface area contributed by atoms with Crippen molar-refractivity contribution >= 4 is 5.97 Å². The Morgan fingerprint density at radius 1 is 1.31 bits per heavy atom. The van der Waals surface area contributed by atoms with Crippen LogP contribution in [0, 0.1) is 0 Å². The maximum Gasteiger partial charge on any atom is 0.323 e. The third kappa shape index (κ3) is 4.45. The quantitative estimate of drug-likeness (QED) is 0.773. The van der Waals surface area contributed by atoms with Crippen LogP contribution in [0.4, 0.5) is 0 Å². The van der Waals surface area contributed by atoms with Crippen LogP contribution >= 0.6 is 0 Å². The second-order valence-corrected chi connectivity index (χ2v) is 4.12. The summed E-state index contributed by atoms with van der Waals surface area (Å²) in [6, 6.07) is 9.46. The minimum atomic E-state index is -0.525. The van der Waals surface area contributed by atoms with Gasteiger partial charge in [-0.1, -0.05) is 30.3 Å². The fraction of sp³-hybridized carbons (Fsp3) is 0.462. The summed E-state index contributed by atoms with van der Waals surface area (Å²) >= 11 is 0. The van der Waals surface area contributed by atoms with Crippen molar-refractivity contribution in [1.29, 1.82) is 0 Å². The SMILES string of the molecule is CC(C)OC(=O)C(N)CCc1ccccc1. The molecule has 0 radical (unpaired) electrons. The van der Waals surface area contributed by atoms with E-state index in [9.17, 15) is 4.79 Å². The van der Waals surface area contributed by atoms with Gasteiger partial charge in [0.2, 0.25) is 0 Å². The first-order valence-electron chi connectivity index (χ1n) is 5.59. The van der Waals surface area contributed by atoms with E-state index in [0.29, 0.717) is 6.42 Å². The van der Waals surface area contributed by atoms with E-state index in [2.05, 4.69) is 0 Å². The molecule has 1 unspecified atom stereocenters. The topological polar surface area (TPSA) is 52.3 Å². The van der Waals surface area contributed by atoms with Crippen LogP contribution in [0.3, 0.4) is 0 Å². The zero-order valence-electron chi connectivity index (χ0n) is 9.85. The molecule has 3 heteroatoms. The molecular formula is C13H19NO2. The van der Waals surface area contributed by atoms with Gasteiger partial charge in [0, 0.05) is 0 Å². The molecule has 0 saturated carbocycles. The average molecular weight is 221 g/mol. The average Bonchev–Trinajstić information content (AvgIpc) is 2.26. The Morgan fingerprint density at radius 2 is 1.94 bits per heavy atom. The highest BCUT2D eigenvalue weighted by atomic mass is 16.5. The lowest BCUT2D eigenvalue weighted by Crippen LogP contribution is -2.34. The molecule has 1 atom stereocenters. The number of aryl methyl sites for hydroxylation is 1. The van der Waals surface area contributed by atoms with Gasteiger partial charge in [0.1, 0.15) is 6.04 Å². The molecule has 0 fully saturated rings. The smallest absolute Gasteiger partial charge is 0.323 e. The Hall–Kier alpha value is -1.35. The van der Waals surface area contributed by atoms with E-state index in [1.807, 2.05) is 44.2 Å². The molecule has 0 amide bonds. The van der Waals surface area contributed by atoms with E-state index in [0.717, 1.165) is 6.42 Å². The first-order valence-corrected chi connectivity index (χ1v) is 5.59. The van der Waals surface area contributed by atoms with Crippen molar-refractivity contribution in [2.75, 3.05) is 0 Å². The highest BCUT2D eigenvalue weighted by Gasteiger charge is 2.15. The summed E-state index contributed by atoms with van der Waals surface area (Å²) in [5.41, 5.74) is 6.93. The fourth-order valence-corrected chi connectivity index (χ4v) is 1.40. The summed E-state index contributed by atoms with van der Waals surface area (Å²) in [5, 5.41) is 0.